The highest BCUT2D eigenvalue weighted by Gasteiger charge is 1.99. The fourth-order valence-electron chi connectivity index (χ4n) is 1.01. The van der Waals surface area contributed by atoms with Crippen molar-refractivity contribution in [3.63, 3.8) is 0 Å². The van der Waals surface area contributed by atoms with Gasteiger partial charge in [-0.15, -0.1) is 0 Å². The van der Waals surface area contributed by atoms with Crippen LogP contribution in [0.4, 0.5) is 0 Å². The number of benzene rings is 1. The number of rotatable bonds is 3. The third-order valence-corrected chi connectivity index (χ3v) is 1.89. The Morgan fingerprint density at radius 3 is 2.47 bits per heavy atom. The van der Waals surface area contributed by atoms with Gasteiger partial charge in [0, 0.05) is 11.1 Å². The van der Waals surface area contributed by atoms with Crippen LogP contribution in [-0.4, -0.2) is 12.1 Å². The minimum absolute atomic E-state index is 0.0904. The van der Waals surface area contributed by atoms with E-state index < -0.39 is 0 Å². The van der Waals surface area contributed by atoms with Gasteiger partial charge in [-0.05, 0) is 37.6 Å². The number of halogens is 1. The van der Waals surface area contributed by atoms with Gasteiger partial charge in [-0.1, -0.05) is 23.7 Å². The standard InChI is InChI=1S/C12H13ClO2/c1-9(2)15-12(14)8-5-10-3-6-11(13)7-4-10/h3-9H,1-2H3. The van der Waals surface area contributed by atoms with E-state index in [0.29, 0.717) is 5.02 Å². The van der Waals surface area contributed by atoms with Gasteiger partial charge in [0.15, 0.2) is 0 Å². The zero-order valence-corrected chi connectivity index (χ0v) is 9.49. The van der Waals surface area contributed by atoms with Crippen molar-refractivity contribution in [3.8, 4) is 0 Å². The molecule has 0 radical (unpaired) electrons. The minimum Gasteiger partial charge on any atom is -0.460 e. The molecule has 1 aromatic rings. The molecule has 0 aromatic heterocycles. The molecule has 15 heavy (non-hydrogen) atoms. The van der Waals surface area contributed by atoms with Crippen LogP contribution >= 0.6 is 11.6 Å². The van der Waals surface area contributed by atoms with Gasteiger partial charge < -0.3 is 4.74 Å². The van der Waals surface area contributed by atoms with Gasteiger partial charge in [0.2, 0.25) is 0 Å². The van der Waals surface area contributed by atoms with Gasteiger partial charge in [-0.3, -0.25) is 0 Å². The Bertz CT molecular complexity index is 352. The summed E-state index contributed by atoms with van der Waals surface area (Å²) in [6, 6.07) is 7.22. The second-order valence-corrected chi connectivity index (χ2v) is 3.81. The number of hydrogen-bond acceptors (Lipinski definition) is 2. The average molecular weight is 225 g/mol. The van der Waals surface area contributed by atoms with Crippen LogP contribution in [0.5, 0.6) is 0 Å². The van der Waals surface area contributed by atoms with Crippen molar-refractivity contribution in [3.05, 3.63) is 40.9 Å². The molecule has 0 N–H and O–H groups in total. The maximum atomic E-state index is 11.2. The van der Waals surface area contributed by atoms with E-state index in [1.165, 1.54) is 6.08 Å². The summed E-state index contributed by atoms with van der Waals surface area (Å²) in [4.78, 5) is 11.2. The predicted molar refractivity (Wildman–Crippen MR) is 61.7 cm³/mol. The summed E-state index contributed by atoms with van der Waals surface area (Å²) in [7, 11) is 0. The predicted octanol–water partition coefficient (Wildman–Crippen LogP) is 3.30. The highest BCUT2D eigenvalue weighted by Crippen LogP contribution is 2.10. The summed E-state index contributed by atoms with van der Waals surface area (Å²) in [6.07, 6.45) is 3.01. The largest absolute Gasteiger partial charge is 0.460 e. The van der Waals surface area contributed by atoms with E-state index in [0.717, 1.165) is 5.56 Å². The van der Waals surface area contributed by atoms with E-state index in [1.54, 1.807) is 18.2 Å². The van der Waals surface area contributed by atoms with E-state index in [2.05, 4.69) is 0 Å². The number of hydrogen-bond donors (Lipinski definition) is 0. The first-order valence-corrected chi connectivity index (χ1v) is 5.10. The fourth-order valence-corrected chi connectivity index (χ4v) is 1.14. The zero-order chi connectivity index (χ0) is 11.3. The number of esters is 1. The van der Waals surface area contributed by atoms with Gasteiger partial charge in [0.1, 0.15) is 0 Å². The van der Waals surface area contributed by atoms with Crippen LogP contribution in [0.1, 0.15) is 19.4 Å². The molecule has 0 amide bonds. The molecule has 1 aromatic carbocycles. The lowest BCUT2D eigenvalue weighted by Gasteiger charge is -2.03. The molecule has 0 aliphatic heterocycles. The molecular formula is C12H13ClO2. The van der Waals surface area contributed by atoms with Gasteiger partial charge >= 0.3 is 5.97 Å². The maximum absolute atomic E-state index is 11.2. The van der Waals surface area contributed by atoms with Crippen molar-refractivity contribution in [2.24, 2.45) is 0 Å². The first kappa shape index (κ1) is 11.8. The molecule has 0 saturated heterocycles. The van der Waals surface area contributed by atoms with Crippen LogP contribution in [0.2, 0.25) is 5.02 Å². The van der Waals surface area contributed by atoms with E-state index >= 15 is 0 Å². The lowest BCUT2D eigenvalue weighted by Crippen LogP contribution is -2.08. The molecule has 0 aliphatic carbocycles. The van der Waals surface area contributed by atoms with Crippen molar-refractivity contribution in [2.45, 2.75) is 20.0 Å². The Hall–Kier alpha value is -1.28. The van der Waals surface area contributed by atoms with Crippen LogP contribution in [0.3, 0.4) is 0 Å². The Morgan fingerprint density at radius 1 is 1.33 bits per heavy atom. The van der Waals surface area contributed by atoms with E-state index in [9.17, 15) is 4.79 Å². The van der Waals surface area contributed by atoms with E-state index in [1.807, 2.05) is 26.0 Å². The summed E-state index contributed by atoms with van der Waals surface area (Å²) in [5, 5.41) is 0.678. The van der Waals surface area contributed by atoms with Gasteiger partial charge in [-0.25, -0.2) is 4.79 Å². The van der Waals surface area contributed by atoms with Crippen LogP contribution in [0.25, 0.3) is 6.08 Å². The Balaban J connectivity index is 2.57. The summed E-state index contributed by atoms with van der Waals surface area (Å²) in [5.41, 5.74) is 0.917. The topological polar surface area (TPSA) is 26.3 Å². The van der Waals surface area contributed by atoms with Crippen molar-refractivity contribution < 1.29 is 9.53 Å². The van der Waals surface area contributed by atoms with Crippen molar-refractivity contribution in [2.75, 3.05) is 0 Å². The molecular weight excluding hydrogens is 212 g/mol. The fraction of sp³-hybridized carbons (Fsp3) is 0.250. The molecule has 0 aliphatic rings. The third-order valence-electron chi connectivity index (χ3n) is 1.63. The summed E-state index contributed by atoms with van der Waals surface area (Å²) >= 11 is 5.73. The van der Waals surface area contributed by atoms with Gasteiger partial charge in [0.25, 0.3) is 0 Å². The monoisotopic (exact) mass is 224 g/mol. The van der Waals surface area contributed by atoms with Crippen molar-refractivity contribution in [1.29, 1.82) is 0 Å². The molecule has 3 heteroatoms. The molecule has 0 saturated carbocycles. The second-order valence-electron chi connectivity index (χ2n) is 3.37. The Morgan fingerprint density at radius 2 is 1.93 bits per heavy atom. The SMILES string of the molecule is CC(C)OC(=O)C=Cc1ccc(Cl)cc1. The normalized spacial score (nSPS) is 10.9. The zero-order valence-electron chi connectivity index (χ0n) is 8.74. The van der Waals surface area contributed by atoms with Crippen LogP contribution in [0.15, 0.2) is 30.3 Å². The first-order valence-electron chi connectivity index (χ1n) is 4.72. The van der Waals surface area contributed by atoms with Crippen LogP contribution < -0.4 is 0 Å². The Labute approximate surface area is 94.5 Å². The quantitative estimate of drug-likeness (QED) is 0.582. The molecule has 0 unspecified atom stereocenters. The van der Waals surface area contributed by atoms with Crippen LogP contribution in [0, 0.1) is 0 Å². The smallest absolute Gasteiger partial charge is 0.331 e. The highest BCUT2D eigenvalue weighted by atomic mass is 35.5. The lowest BCUT2D eigenvalue weighted by molar-refractivity contribution is -0.141. The lowest BCUT2D eigenvalue weighted by atomic mass is 10.2. The maximum Gasteiger partial charge on any atom is 0.331 e. The molecule has 2 nitrogen and oxygen atoms in total. The van der Waals surface area contributed by atoms with Gasteiger partial charge in [0.05, 0.1) is 6.10 Å². The van der Waals surface area contributed by atoms with E-state index in [4.69, 9.17) is 16.3 Å². The Kier molecular flexibility index (Phi) is 4.37. The average Bonchev–Trinajstić information content (AvgIpc) is 2.16. The molecule has 1 rings (SSSR count). The molecule has 0 spiro atoms. The van der Waals surface area contributed by atoms with Crippen LogP contribution in [-0.2, 0) is 9.53 Å². The number of ether oxygens (including phenoxy) is 1. The van der Waals surface area contributed by atoms with E-state index in [-0.39, 0.29) is 12.1 Å². The second kappa shape index (κ2) is 5.56. The summed E-state index contributed by atoms with van der Waals surface area (Å²) in [5.74, 6) is -0.333. The summed E-state index contributed by atoms with van der Waals surface area (Å²) in [6.45, 7) is 3.63. The molecule has 0 bridgehead atoms. The molecule has 0 heterocycles. The first-order chi connectivity index (χ1) is 7.08. The van der Waals surface area contributed by atoms with Gasteiger partial charge in [-0.2, -0.15) is 0 Å². The molecule has 80 valence electrons. The van der Waals surface area contributed by atoms with Crippen molar-refractivity contribution in [1.82, 2.24) is 0 Å². The summed E-state index contributed by atoms with van der Waals surface area (Å²) < 4.78 is 4.94. The third kappa shape index (κ3) is 4.66. The highest BCUT2D eigenvalue weighted by molar-refractivity contribution is 6.30. The number of carbonyl (C=O) groups excluding carboxylic acids is 1. The van der Waals surface area contributed by atoms with Crippen molar-refractivity contribution >= 4 is 23.6 Å². The molecule has 0 atom stereocenters. The molecule has 0 fully saturated rings. The minimum atomic E-state index is -0.333. The number of carbonyl (C=O) groups is 1.